The first kappa shape index (κ1) is 18.9. The summed E-state index contributed by atoms with van der Waals surface area (Å²) in [6.45, 7) is 8.22. The van der Waals surface area contributed by atoms with Crippen molar-refractivity contribution in [2.24, 2.45) is 5.92 Å². The van der Waals surface area contributed by atoms with Gasteiger partial charge in [-0.1, -0.05) is 38.1 Å². The number of hydrogen-bond acceptors (Lipinski definition) is 1. The third kappa shape index (κ3) is 4.79. The molecule has 2 rings (SSSR count). The van der Waals surface area contributed by atoms with Crippen LogP contribution < -0.4 is 4.72 Å². The largest absolute Gasteiger partial charge is 0.347 e. The molecular formula is C19H29N3OS. The number of fused-ring (bicyclic) bond motifs is 1. The summed E-state index contributed by atoms with van der Waals surface area (Å²) in [5.41, 5.74) is 3.82. The van der Waals surface area contributed by atoms with Gasteiger partial charge in [0.25, 0.3) is 0 Å². The van der Waals surface area contributed by atoms with Gasteiger partial charge in [0, 0.05) is 44.3 Å². The number of nitrogens with zero attached hydrogens (tertiary/aromatic N) is 2. The molecule has 0 aliphatic heterocycles. The number of aromatic nitrogens is 1. The Hall–Kier alpha value is -1.43. The summed E-state index contributed by atoms with van der Waals surface area (Å²) in [5.74, 6) is 0.596. The Morgan fingerprint density at radius 2 is 2.08 bits per heavy atom. The first-order valence-corrected chi connectivity index (χ1v) is 9.60. The van der Waals surface area contributed by atoms with E-state index >= 15 is 0 Å². The molecule has 0 bridgehead atoms. The van der Waals surface area contributed by atoms with E-state index in [0.717, 1.165) is 13.0 Å². The minimum atomic E-state index is -1.12. The molecule has 0 spiro atoms. The smallest absolute Gasteiger partial charge is 0.169 e. The Morgan fingerprint density at radius 3 is 2.71 bits per heavy atom. The summed E-state index contributed by atoms with van der Waals surface area (Å²) >= 11 is -1.12. The van der Waals surface area contributed by atoms with E-state index in [1.807, 2.05) is 6.92 Å². The summed E-state index contributed by atoms with van der Waals surface area (Å²) in [5, 5.41) is 1.29. The lowest BCUT2D eigenvalue weighted by atomic mass is 10.1. The van der Waals surface area contributed by atoms with Crippen LogP contribution in [0.15, 0.2) is 30.5 Å². The first-order chi connectivity index (χ1) is 11.4. The van der Waals surface area contributed by atoms with Crippen molar-refractivity contribution in [2.75, 3.05) is 20.6 Å². The Labute approximate surface area is 148 Å². The van der Waals surface area contributed by atoms with Crippen LogP contribution in [0.3, 0.4) is 0 Å². The molecule has 132 valence electrons. The zero-order valence-electron chi connectivity index (χ0n) is 15.4. The molecule has 1 unspecified atom stereocenters. The van der Waals surface area contributed by atoms with Crippen molar-refractivity contribution in [1.29, 1.82) is 0 Å². The number of rotatable bonds is 8. The standard InChI is InChI=1S/C19H29N3OS/c1-6-7-16-8-9-18-17(10-11-20-24(23)21(4)5)14-22(13-15(2)3)19(18)12-16/h6-9,12,14-15,20H,10-11,13H2,1-5H3/b7-6-. The van der Waals surface area contributed by atoms with Crippen LogP contribution >= 0.6 is 0 Å². The third-order valence-electron chi connectivity index (χ3n) is 3.86. The maximum atomic E-state index is 11.8. The normalized spacial score (nSPS) is 13.6. The lowest BCUT2D eigenvalue weighted by Crippen LogP contribution is -2.30. The summed E-state index contributed by atoms with van der Waals surface area (Å²) in [6, 6.07) is 6.63. The lowest BCUT2D eigenvalue weighted by Gasteiger charge is -2.09. The fraction of sp³-hybridized carbons (Fsp3) is 0.474. The second kappa shape index (κ2) is 8.60. The fourth-order valence-electron chi connectivity index (χ4n) is 2.83. The second-order valence-corrected chi connectivity index (χ2v) is 8.20. The molecule has 0 saturated heterocycles. The van der Waals surface area contributed by atoms with Crippen LogP contribution in [0.4, 0.5) is 0 Å². The van der Waals surface area contributed by atoms with Crippen LogP contribution in [0, 0.1) is 5.92 Å². The topological polar surface area (TPSA) is 37.3 Å². The van der Waals surface area contributed by atoms with Gasteiger partial charge in [0.2, 0.25) is 0 Å². The lowest BCUT2D eigenvalue weighted by molar-refractivity contribution is 0.534. The Morgan fingerprint density at radius 1 is 1.33 bits per heavy atom. The van der Waals surface area contributed by atoms with Gasteiger partial charge >= 0.3 is 0 Å². The van der Waals surface area contributed by atoms with Crippen LogP contribution in [0.25, 0.3) is 17.0 Å². The average Bonchev–Trinajstić information content (AvgIpc) is 2.84. The van der Waals surface area contributed by atoms with Gasteiger partial charge in [0.1, 0.15) is 0 Å². The highest BCUT2D eigenvalue weighted by Gasteiger charge is 2.11. The molecule has 0 saturated carbocycles. The van der Waals surface area contributed by atoms with Crippen molar-refractivity contribution >= 4 is 28.2 Å². The quantitative estimate of drug-likeness (QED) is 0.778. The Kier molecular flexibility index (Phi) is 6.78. The maximum Gasteiger partial charge on any atom is 0.169 e. The van der Waals surface area contributed by atoms with Crippen molar-refractivity contribution in [3.63, 3.8) is 0 Å². The molecule has 2 aromatic rings. The van der Waals surface area contributed by atoms with Gasteiger partial charge in [-0.25, -0.2) is 13.2 Å². The van der Waals surface area contributed by atoms with E-state index in [0.29, 0.717) is 12.5 Å². The third-order valence-corrected chi connectivity index (χ3v) is 4.98. The summed E-state index contributed by atoms with van der Waals surface area (Å²) in [7, 11) is 3.61. The zero-order valence-corrected chi connectivity index (χ0v) is 16.2. The van der Waals surface area contributed by atoms with Gasteiger partial charge in [-0.2, -0.15) is 0 Å². The van der Waals surface area contributed by atoms with Gasteiger partial charge in [0.05, 0.1) is 0 Å². The van der Waals surface area contributed by atoms with Crippen molar-refractivity contribution < 1.29 is 4.21 Å². The Balaban J connectivity index is 2.27. The molecule has 0 radical (unpaired) electrons. The molecule has 0 amide bonds. The number of benzene rings is 1. The molecular weight excluding hydrogens is 318 g/mol. The van der Waals surface area contributed by atoms with E-state index in [1.54, 1.807) is 18.4 Å². The molecule has 24 heavy (non-hydrogen) atoms. The predicted molar refractivity (Wildman–Crippen MR) is 105 cm³/mol. The molecule has 1 atom stereocenters. The number of nitrogens with one attached hydrogen (secondary N) is 1. The molecule has 1 heterocycles. The number of hydrogen-bond donors (Lipinski definition) is 1. The molecule has 0 fully saturated rings. The van der Waals surface area contributed by atoms with Crippen LogP contribution in [0.5, 0.6) is 0 Å². The van der Waals surface area contributed by atoms with E-state index in [-0.39, 0.29) is 0 Å². The van der Waals surface area contributed by atoms with Crippen LogP contribution in [0.2, 0.25) is 0 Å². The van der Waals surface area contributed by atoms with E-state index in [2.05, 4.69) is 59.7 Å². The predicted octanol–water partition coefficient (Wildman–Crippen LogP) is 3.60. The van der Waals surface area contributed by atoms with Crippen molar-refractivity contribution in [2.45, 2.75) is 33.7 Å². The molecule has 0 aliphatic carbocycles. The molecule has 1 aromatic heterocycles. The SMILES string of the molecule is C/C=C\c1ccc2c(CCNS(=O)N(C)C)cn(CC(C)C)c2c1. The molecule has 5 heteroatoms. The van der Waals surface area contributed by atoms with E-state index in [4.69, 9.17) is 0 Å². The highest BCUT2D eigenvalue weighted by Crippen LogP contribution is 2.25. The highest BCUT2D eigenvalue weighted by molar-refractivity contribution is 7.80. The average molecular weight is 348 g/mol. The van der Waals surface area contributed by atoms with Gasteiger partial charge in [-0.05, 0) is 36.5 Å². The van der Waals surface area contributed by atoms with Crippen LogP contribution in [0.1, 0.15) is 31.9 Å². The summed E-state index contributed by atoms with van der Waals surface area (Å²) in [4.78, 5) is 0. The fourth-order valence-corrected chi connectivity index (χ4v) is 3.36. The number of allylic oxidation sites excluding steroid dienone is 1. The molecule has 1 aromatic carbocycles. The van der Waals surface area contributed by atoms with Crippen LogP contribution in [-0.4, -0.2) is 33.7 Å². The second-order valence-electron chi connectivity index (χ2n) is 6.68. The van der Waals surface area contributed by atoms with Gasteiger partial charge in [-0.15, -0.1) is 0 Å². The molecule has 1 N–H and O–H groups in total. The molecule has 4 nitrogen and oxygen atoms in total. The maximum absolute atomic E-state index is 11.8. The minimum Gasteiger partial charge on any atom is -0.347 e. The van der Waals surface area contributed by atoms with E-state index < -0.39 is 11.2 Å². The van der Waals surface area contributed by atoms with Gasteiger partial charge in [-0.3, -0.25) is 0 Å². The van der Waals surface area contributed by atoms with Gasteiger partial charge in [0.15, 0.2) is 11.2 Å². The van der Waals surface area contributed by atoms with Crippen molar-refractivity contribution in [3.8, 4) is 0 Å². The van der Waals surface area contributed by atoms with Crippen molar-refractivity contribution in [3.05, 3.63) is 41.6 Å². The first-order valence-electron chi connectivity index (χ1n) is 8.49. The molecule has 0 aliphatic rings. The van der Waals surface area contributed by atoms with E-state index in [9.17, 15) is 4.21 Å². The highest BCUT2D eigenvalue weighted by atomic mass is 32.2. The minimum absolute atomic E-state index is 0.596. The monoisotopic (exact) mass is 347 g/mol. The van der Waals surface area contributed by atoms with Gasteiger partial charge < -0.3 is 4.57 Å². The summed E-state index contributed by atoms with van der Waals surface area (Å²) in [6.07, 6.45) is 7.32. The van der Waals surface area contributed by atoms with Crippen molar-refractivity contribution in [1.82, 2.24) is 13.6 Å². The Bertz CT molecular complexity index is 732. The van der Waals surface area contributed by atoms with Crippen LogP contribution in [-0.2, 0) is 24.1 Å². The zero-order chi connectivity index (χ0) is 17.7. The van der Waals surface area contributed by atoms with E-state index in [1.165, 1.54) is 22.0 Å². The summed E-state index contributed by atoms with van der Waals surface area (Å²) < 4.78 is 18.9.